The van der Waals surface area contributed by atoms with Crippen molar-refractivity contribution in [2.75, 3.05) is 5.73 Å². The summed E-state index contributed by atoms with van der Waals surface area (Å²) in [5, 5.41) is 0. The number of hydrogen-bond acceptors (Lipinski definition) is 3. The fraction of sp³-hybridized carbons (Fsp3) is 0.250. The van der Waals surface area contributed by atoms with Crippen LogP contribution < -0.4 is 5.73 Å². The minimum Gasteiger partial charge on any atom is -0.398 e. The lowest BCUT2D eigenvalue weighted by Crippen LogP contribution is -2.08. The predicted octanol–water partition coefficient (Wildman–Crippen LogP) is 3.17. The Morgan fingerprint density at radius 3 is 2.05 bits per heavy atom. The minimum atomic E-state index is -3.42. The van der Waals surface area contributed by atoms with Gasteiger partial charge < -0.3 is 5.73 Å². The molecule has 0 spiro atoms. The molecule has 3 nitrogen and oxygen atoms in total. The van der Waals surface area contributed by atoms with Crippen LogP contribution in [0, 0.1) is 20.8 Å². The molecule has 106 valence electrons. The van der Waals surface area contributed by atoms with Crippen LogP contribution in [0.5, 0.6) is 0 Å². The first-order valence-corrected chi connectivity index (χ1v) is 8.09. The third kappa shape index (κ3) is 3.20. The second-order valence-electron chi connectivity index (χ2n) is 5.30. The highest BCUT2D eigenvalue weighted by molar-refractivity contribution is 7.90. The number of benzene rings is 2. The van der Waals surface area contributed by atoms with Gasteiger partial charge in [0.1, 0.15) is 0 Å². The number of rotatable bonds is 3. The molecule has 0 fully saturated rings. The van der Waals surface area contributed by atoms with Gasteiger partial charge in [-0.15, -0.1) is 0 Å². The van der Waals surface area contributed by atoms with Gasteiger partial charge in [-0.3, -0.25) is 0 Å². The molecule has 0 aromatic heterocycles. The molecule has 0 radical (unpaired) electrons. The van der Waals surface area contributed by atoms with Gasteiger partial charge in [0.15, 0.2) is 9.84 Å². The molecule has 0 heterocycles. The monoisotopic (exact) mass is 289 g/mol. The second-order valence-corrected chi connectivity index (χ2v) is 7.25. The third-order valence-electron chi connectivity index (χ3n) is 3.14. The molecule has 0 amide bonds. The third-order valence-corrected chi connectivity index (χ3v) is 4.89. The highest BCUT2D eigenvalue weighted by Crippen LogP contribution is 2.24. The molecule has 0 aliphatic heterocycles. The summed E-state index contributed by atoms with van der Waals surface area (Å²) in [6.07, 6.45) is 0. The summed E-state index contributed by atoms with van der Waals surface area (Å²) >= 11 is 0. The zero-order valence-corrected chi connectivity index (χ0v) is 12.8. The first kappa shape index (κ1) is 14.6. The number of anilines is 1. The fourth-order valence-electron chi connectivity index (χ4n) is 2.40. The van der Waals surface area contributed by atoms with Crippen molar-refractivity contribution in [3.8, 4) is 0 Å². The quantitative estimate of drug-likeness (QED) is 0.883. The van der Waals surface area contributed by atoms with Crippen LogP contribution in [0.25, 0.3) is 0 Å². The van der Waals surface area contributed by atoms with Crippen LogP contribution in [0.15, 0.2) is 41.3 Å². The first-order chi connectivity index (χ1) is 9.28. The normalized spacial score (nSPS) is 11.6. The molecule has 2 N–H and O–H groups in total. The van der Waals surface area contributed by atoms with Gasteiger partial charge in [-0.25, -0.2) is 8.42 Å². The molecule has 0 saturated heterocycles. The smallest absolute Gasteiger partial charge is 0.184 e. The van der Waals surface area contributed by atoms with Crippen LogP contribution in [0.4, 0.5) is 5.69 Å². The maximum Gasteiger partial charge on any atom is 0.184 e. The van der Waals surface area contributed by atoms with E-state index in [1.165, 1.54) is 0 Å². The van der Waals surface area contributed by atoms with E-state index in [1.54, 1.807) is 18.2 Å². The first-order valence-electron chi connectivity index (χ1n) is 6.44. The van der Waals surface area contributed by atoms with E-state index in [0.29, 0.717) is 5.69 Å². The Labute approximate surface area is 120 Å². The highest BCUT2D eigenvalue weighted by atomic mass is 32.2. The van der Waals surface area contributed by atoms with Crippen LogP contribution in [-0.4, -0.2) is 8.42 Å². The maximum absolute atomic E-state index is 12.5. The fourth-order valence-corrected chi connectivity index (χ4v) is 3.86. The molecule has 4 heteroatoms. The van der Waals surface area contributed by atoms with Crippen LogP contribution in [0.1, 0.15) is 22.3 Å². The van der Waals surface area contributed by atoms with Crippen molar-refractivity contribution >= 4 is 15.5 Å². The zero-order chi connectivity index (χ0) is 14.9. The van der Waals surface area contributed by atoms with Gasteiger partial charge in [-0.1, -0.05) is 35.4 Å². The Hall–Kier alpha value is -1.81. The molecule has 20 heavy (non-hydrogen) atoms. The SMILES string of the molecule is Cc1cc(C)cc(CS(=O)(=O)c2ccc(C)cc2N)c1. The topological polar surface area (TPSA) is 60.2 Å². The Kier molecular flexibility index (Phi) is 3.86. The average molecular weight is 289 g/mol. The summed E-state index contributed by atoms with van der Waals surface area (Å²) in [5.74, 6) is -0.0250. The Morgan fingerprint density at radius 2 is 1.50 bits per heavy atom. The second kappa shape index (κ2) is 5.29. The van der Waals surface area contributed by atoms with E-state index in [1.807, 2.05) is 39.0 Å². The zero-order valence-electron chi connectivity index (χ0n) is 12.0. The molecule has 2 rings (SSSR count). The van der Waals surface area contributed by atoms with Crippen molar-refractivity contribution in [2.45, 2.75) is 31.4 Å². The van der Waals surface area contributed by atoms with Gasteiger partial charge in [-0.05, 0) is 44.0 Å². The van der Waals surface area contributed by atoms with E-state index in [0.717, 1.165) is 22.3 Å². The molecular weight excluding hydrogens is 270 g/mol. The summed E-state index contributed by atoms with van der Waals surface area (Å²) in [4.78, 5) is 0.210. The van der Waals surface area contributed by atoms with Crippen molar-refractivity contribution in [1.82, 2.24) is 0 Å². The van der Waals surface area contributed by atoms with Crippen molar-refractivity contribution in [3.05, 3.63) is 58.7 Å². The van der Waals surface area contributed by atoms with E-state index >= 15 is 0 Å². The molecule has 0 aliphatic carbocycles. The van der Waals surface area contributed by atoms with Crippen molar-refractivity contribution < 1.29 is 8.42 Å². The summed E-state index contributed by atoms with van der Waals surface area (Å²) < 4.78 is 25.0. The number of sulfone groups is 1. The van der Waals surface area contributed by atoms with Crippen LogP contribution in [0.3, 0.4) is 0 Å². The van der Waals surface area contributed by atoms with Gasteiger partial charge in [0.2, 0.25) is 0 Å². The van der Waals surface area contributed by atoms with Gasteiger partial charge in [0.25, 0.3) is 0 Å². The summed E-state index contributed by atoms with van der Waals surface area (Å²) in [6.45, 7) is 5.81. The predicted molar refractivity (Wildman–Crippen MR) is 82.4 cm³/mol. The van der Waals surface area contributed by atoms with Crippen LogP contribution in [-0.2, 0) is 15.6 Å². The molecule has 0 saturated carbocycles. The van der Waals surface area contributed by atoms with Crippen LogP contribution >= 0.6 is 0 Å². The molecule has 0 bridgehead atoms. The molecular formula is C16H19NO2S. The number of nitrogen functional groups attached to an aromatic ring is 1. The Morgan fingerprint density at radius 1 is 0.900 bits per heavy atom. The van der Waals surface area contributed by atoms with Crippen molar-refractivity contribution in [3.63, 3.8) is 0 Å². The largest absolute Gasteiger partial charge is 0.398 e. The van der Waals surface area contributed by atoms with E-state index in [2.05, 4.69) is 0 Å². The summed E-state index contributed by atoms with van der Waals surface area (Å²) in [6, 6.07) is 10.9. The number of hydrogen-bond donors (Lipinski definition) is 1. The Balaban J connectivity index is 2.40. The van der Waals surface area contributed by atoms with E-state index in [4.69, 9.17) is 5.73 Å². The lowest BCUT2D eigenvalue weighted by molar-refractivity contribution is 0.595. The van der Waals surface area contributed by atoms with Gasteiger partial charge in [-0.2, -0.15) is 0 Å². The minimum absolute atomic E-state index is 0.0250. The van der Waals surface area contributed by atoms with E-state index in [9.17, 15) is 8.42 Å². The van der Waals surface area contributed by atoms with Gasteiger partial charge >= 0.3 is 0 Å². The summed E-state index contributed by atoms with van der Waals surface area (Å²) in [5.41, 5.74) is 10.0. The van der Waals surface area contributed by atoms with Crippen molar-refractivity contribution in [1.29, 1.82) is 0 Å². The Bertz CT molecular complexity index is 729. The standard InChI is InChI=1S/C16H19NO2S/c1-11-4-5-16(15(17)9-11)20(18,19)10-14-7-12(2)6-13(3)8-14/h4-9H,10,17H2,1-3H3. The van der Waals surface area contributed by atoms with E-state index < -0.39 is 9.84 Å². The molecule has 2 aromatic carbocycles. The number of aryl methyl sites for hydroxylation is 3. The highest BCUT2D eigenvalue weighted by Gasteiger charge is 2.18. The van der Waals surface area contributed by atoms with E-state index in [-0.39, 0.29) is 10.6 Å². The average Bonchev–Trinajstić information content (AvgIpc) is 2.25. The van der Waals surface area contributed by atoms with Crippen molar-refractivity contribution in [2.24, 2.45) is 0 Å². The van der Waals surface area contributed by atoms with Gasteiger partial charge in [0, 0.05) is 0 Å². The molecule has 0 aliphatic rings. The number of nitrogens with two attached hydrogens (primary N) is 1. The molecule has 0 unspecified atom stereocenters. The maximum atomic E-state index is 12.5. The molecule has 0 atom stereocenters. The molecule has 2 aromatic rings. The lowest BCUT2D eigenvalue weighted by atomic mass is 10.1. The van der Waals surface area contributed by atoms with Gasteiger partial charge in [0.05, 0.1) is 16.3 Å². The summed E-state index contributed by atoms with van der Waals surface area (Å²) in [7, 11) is -3.42. The van der Waals surface area contributed by atoms with Crippen LogP contribution in [0.2, 0.25) is 0 Å². The lowest BCUT2D eigenvalue weighted by Gasteiger charge is -2.09.